The van der Waals surface area contributed by atoms with Gasteiger partial charge in [-0.05, 0) is 95.2 Å². The number of hydrogen-bond donors (Lipinski definition) is 1. The van der Waals surface area contributed by atoms with Crippen molar-refractivity contribution in [3.8, 4) is 17.5 Å². The first-order valence-corrected chi connectivity index (χ1v) is 14.4. The summed E-state index contributed by atoms with van der Waals surface area (Å²) >= 11 is 0. The number of nitrogens with one attached hydrogen (secondary N) is 1. The van der Waals surface area contributed by atoms with Crippen molar-refractivity contribution in [2.45, 2.75) is 84.9 Å². The largest absolute Gasteiger partial charge is 0.444 e. The molecule has 0 aliphatic carbocycles. The van der Waals surface area contributed by atoms with E-state index in [0.717, 1.165) is 46.7 Å². The van der Waals surface area contributed by atoms with E-state index in [2.05, 4.69) is 17.1 Å². The number of H-pyrrole nitrogens is 1. The molecule has 3 aromatic rings. The highest BCUT2D eigenvalue weighted by Crippen LogP contribution is 2.32. The standard InChI is InChI=1S/C33H39N5O3/c1-20-15-21(2)27(31(39)37-13-11-25(12-14-37)24-9-7-23(18-34)8-10-24)17-26(20)30-35-28-16-22(3)38(19-29(28)36-30)32(40)41-33(4,5)6/h7-10,15,17,22,25H,11-14,16,19H2,1-6H3,(H,35,36). The Hall–Kier alpha value is -4.12. The van der Waals surface area contributed by atoms with Gasteiger partial charge in [-0.15, -0.1) is 0 Å². The summed E-state index contributed by atoms with van der Waals surface area (Å²) in [6.07, 6.45) is 2.10. The van der Waals surface area contributed by atoms with E-state index >= 15 is 0 Å². The van der Waals surface area contributed by atoms with E-state index in [4.69, 9.17) is 15.0 Å². The van der Waals surface area contributed by atoms with Gasteiger partial charge in [0.05, 0.1) is 29.6 Å². The molecule has 8 nitrogen and oxygen atoms in total. The Morgan fingerprint density at radius 2 is 1.76 bits per heavy atom. The van der Waals surface area contributed by atoms with E-state index in [1.807, 2.05) is 76.8 Å². The fraction of sp³-hybridized carbons (Fsp3) is 0.455. The summed E-state index contributed by atoms with van der Waals surface area (Å²) in [7, 11) is 0. The third-order valence-electron chi connectivity index (χ3n) is 8.19. The van der Waals surface area contributed by atoms with E-state index in [9.17, 15) is 9.59 Å². The number of fused-ring (bicyclic) bond motifs is 1. The van der Waals surface area contributed by atoms with Gasteiger partial charge in [0.15, 0.2) is 0 Å². The zero-order valence-electron chi connectivity index (χ0n) is 24.9. The molecule has 0 bridgehead atoms. The first kappa shape index (κ1) is 28.4. The zero-order chi connectivity index (χ0) is 29.5. The minimum atomic E-state index is -0.558. The van der Waals surface area contributed by atoms with Crippen LogP contribution in [0.4, 0.5) is 4.79 Å². The molecule has 8 heteroatoms. The lowest BCUT2D eigenvalue weighted by molar-refractivity contribution is 0.0134. The topological polar surface area (TPSA) is 102 Å². The molecule has 1 saturated heterocycles. The van der Waals surface area contributed by atoms with Crippen LogP contribution in [-0.4, -0.2) is 56.5 Å². The van der Waals surface area contributed by atoms with Crippen LogP contribution in [0.1, 0.15) is 90.5 Å². The minimum Gasteiger partial charge on any atom is -0.444 e. The molecule has 1 atom stereocenters. The average Bonchev–Trinajstić information content (AvgIpc) is 3.34. The molecule has 1 unspecified atom stereocenters. The number of nitrogens with zero attached hydrogens (tertiary/aromatic N) is 4. The second-order valence-electron chi connectivity index (χ2n) is 12.5. The van der Waals surface area contributed by atoms with Gasteiger partial charge in [-0.25, -0.2) is 9.78 Å². The maximum absolute atomic E-state index is 13.7. The van der Waals surface area contributed by atoms with Crippen LogP contribution in [0.25, 0.3) is 11.4 Å². The number of hydrogen-bond acceptors (Lipinski definition) is 5. The highest BCUT2D eigenvalue weighted by molar-refractivity contribution is 5.97. The minimum absolute atomic E-state index is 0.0306. The molecule has 2 aliphatic rings. The van der Waals surface area contributed by atoms with Gasteiger partial charge in [-0.2, -0.15) is 5.26 Å². The molecule has 0 saturated carbocycles. The fourth-order valence-electron chi connectivity index (χ4n) is 5.91. The first-order chi connectivity index (χ1) is 19.4. The average molecular weight is 554 g/mol. The van der Waals surface area contributed by atoms with Gasteiger partial charge in [-0.1, -0.05) is 18.2 Å². The summed E-state index contributed by atoms with van der Waals surface area (Å²) in [4.78, 5) is 38.6. The molecule has 3 heterocycles. The number of amides is 2. The van der Waals surface area contributed by atoms with Crippen molar-refractivity contribution in [3.05, 3.63) is 75.6 Å². The summed E-state index contributed by atoms with van der Waals surface area (Å²) in [6, 6.07) is 14.0. The van der Waals surface area contributed by atoms with Crippen LogP contribution in [-0.2, 0) is 17.7 Å². The van der Waals surface area contributed by atoms with Crippen LogP contribution in [0.15, 0.2) is 36.4 Å². The van der Waals surface area contributed by atoms with Gasteiger partial charge in [0.1, 0.15) is 11.4 Å². The molecular weight excluding hydrogens is 514 g/mol. The number of carbonyl (C=O) groups is 2. The molecule has 1 N–H and O–H groups in total. The highest BCUT2D eigenvalue weighted by Gasteiger charge is 2.33. The zero-order valence-corrected chi connectivity index (χ0v) is 24.9. The van der Waals surface area contributed by atoms with Gasteiger partial charge in [0, 0.05) is 36.7 Å². The van der Waals surface area contributed by atoms with Gasteiger partial charge in [0.25, 0.3) is 5.91 Å². The Morgan fingerprint density at radius 1 is 1.07 bits per heavy atom. The molecule has 0 spiro atoms. The number of aryl methyl sites for hydroxylation is 2. The van der Waals surface area contributed by atoms with E-state index in [0.29, 0.717) is 43.1 Å². The van der Waals surface area contributed by atoms with Crippen LogP contribution in [0, 0.1) is 25.2 Å². The molecule has 2 amide bonds. The molecule has 1 aromatic heterocycles. The lowest BCUT2D eigenvalue weighted by Crippen LogP contribution is -2.45. The molecule has 5 rings (SSSR count). The third-order valence-corrected chi connectivity index (χ3v) is 8.19. The number of aromatic amines is 1. The number of imidazole rings is 1. The summed E-state index contributed by atoms with van der Waals surface area (Å²) in [5, 5.41) is 9.07. The maximum Gasteiger partial charge on any atom is 0.410 e. The van der Waals surface area contributed by atoms with E-state index in [1.54, 1.807) is 4.90 Å². The van der Waals surface area contributed by atoms with Gasteiger partial charge < -0.3 is 14.6 Å². The summed E-state index contributed by atoms with van der Waals surface area (Å²) in [6.45, 7) is 13.4. The molecule has 41 heavy (non-hydrogen) atoms. The maximum atomic E-state index is 13.7. The Morgan fingerprint density at radius 3 is 2.39 bits per heavy atom. The summed E-state index contributed by atoms with van der Waals surface area (Å²) in [5.74, 6) is 1.15. The fourth-order valence-corrected chi connectivity index (χ4v) is 5.91. The number of nitriles is 1. The Kier molecular flexibility index (Phi) is 7.65. The monoisotopic (exact) mass is 553 g/mol. The predicted octanol–water partition coefficient (Wildman–Crippen LogP) is 6.27. The van der Waals surface area contributed by atoms with Crippen molar-refractivity contribution in [1.82, 2.24) is 19.8 Å². The summed E-state index contributed by atoms with van der Waals surface area (Å²) in [5.41, 5.74) is 6.78. The molecule has 2 aliphatic heterocycles. The highest BCUT2D eigenvalue weighted by atomic mass is 16.6. The van der Waals surface area contributed by atoms with Crippen LogP contribution in [0.3, 0.4) is 0 Å². The van der Waals surface area contributed by atoms with Crippen LogP contribution >= 0.6 is 0 Å². The smallest absolute Gasteiger partial charge is 0.410 e. The lowest BCUT2D eigenvalue weighted by atomic mass is 9.88. The van der Waals surface area contributed by atoms with Gasteiger partial charge >= 0.3 is 6.09 Å². The van der Waals surface area contributed by atoms with Crippen LogP contribution in [0.2, 0.25) is 0 Å². The van der Waals surface area contributed by atoms with Crippen molar-refractivity contribution in [2.75, 3.05) is 13.1 Å². The number of aromatic nitrogens is 2. The Bertz CT molecular complexity index is 1500. The van der Waals surface area contributed by atoms with Crippen LogP contribution in [0.5, 0.6) is 0 Å². The first-order valence-electron chi connectivity index (χ1n) is 14.4. The third kappa shape index (κ3) is 6.00. The van der Waals surface area contributed by atoms with E-state index in [1.165, 1.54) is 5.56 Å². The SMILES string of the molecule is Cc1cc(C)c(-c2nc3c([nH]2)CN(C(=O)OC(C)(C)C)C(C)C3)cc1C(=O)N1CCC(c2ccc(C#N)cc2)CC1. The van der Waals surface area contributed by atoms with Gasteiger partial charge in [0.2, 0.25) is 0 Å². The van der Waals surface area contributed by atoms with Crippen molar-refractivity contribution < 1.29 is 14.3 Å². The Balaban J connectivity index is 1.33. The normalized spacial score (nSPS) is 17.6. The molecule has 1 fully saturated rings. The number of piperidine rings is 1. The number of ether oxygens (including phenoxy) is 1. The second kappa shape index (κ2) is 11.0. The van der Waals surface area contributed by atoms with E-state index in [-0.39, 0.29) is 18.0 Å². The Labute approximate surface area is 242 Å². The molecule has 214 valence electrons. The number of rotatable bonds is 3. The number of carbonyl (C=O) groups excluding carboxylic acids is 2. The summed E-state index contributed by atoms with van der Waals surface area (Å²) < 4.78 is 5.63. The number of benzene rings is 2. The van der Waals surface area contributed by atoms with Crippen molar-refractivity contribution in [1.29, 1.82) is 5.26 Å². The van der Waals surface area contributed by atoms with Gasteiger partial charge in [-0.3, -0.25) is 9.69 Å². The molecule has 2 aromatic carbocycles. The number of likely N-dealkylation sites (tertiary alicyclic amines) is 1. The molecular formula is C33H39N5O3. The predicted molar refractivity (Wildman–Crippen MR) is 157 cm³/mol. The van der Waals surface area contributed by atoms with Crippen LogP contribution < -0.4 is 0 Å². The quantitative estimate of drug-likeness (QED) is 0.412. The second-order valence-corrected chi connectivity index (χ2v) is 12.5. The van der Waals surface area contributed by atoms with Crippen molar-refractivity contribution in [3.63, 3.8) is 0 Å². The van der Waals surface area contributed by atoms with E-state index < -0.39 is 5.60 Å². The molecule has 0 radical (unpaired) electrons. The lowest BCUT2D eigenvalue weighted by Gasteiger charge is -2.34. The van der Waals surface area contributed by atoms with Crippen molar-refractivity contribution >= 4 is 12.0 Å². The van der Waals surface area contributed by atoms with Crippen molar-refractivity contribution in [2.24, 2.45) is 0 Å².